The summed E-state index contributed by atoms with van der Waals surface area (Å²) in [6, 6.07) is 12.2. The van der Waals surface area contributed by atoms with E-state index < -0.39 is 20.0 Å². The molecule has 228 valence electrons. The van der Waals surface area contributed by atoms with Crippen LogP contribution < -0.4 is 15.0 Å². The van der Waals surface area contributed by atoms with Crippen LogP contribution in [-0.4, -0.2) is 71.4 Å². The van der Waals surface area contributed by atoms with Gasteiger partial charge in [0.2, 0.25) is 0 Å². The average molecular weight is 606 g/mol. The van der Waals surface area contributed by atoms with Crippen LogP contribution in [0, 0.1) is 5.92 Å². The number of anilines is 2. The Morgan fingerprint density at radius 1 is 1.26 bits per heavy atom. The van der Waals surface area contributed by atoms with Crippen molar-refractivity contribution in [2.24, 2.45) is 5.92 Å². The predicted molar refractivity (Wildman–Crippen MR) is 165 cm³/mol. The van der Waals surface area contributed by atoms with Crippen molar-refractivity contribution in [1.29, 1.82) is 0 Å². The summed E-state index contributed by atoms with van der Waals surface area (Å²) >= 11 is 0. The maximum atomic E-state index is 14.3. The molecule has 12 heteroatoms. The molecule has 2 aliphatic rings. The molecular formula is C31H39N5O6Si. The van der Waals surface area contributed by atoms with E-state index in [1.165, 1.54) is 0 Å². The van der Waals surface area contributed by atoms with Crippen molar-refractivity contribution in [1.82, 2.24) is 15.0 Å². The number of carbonyl (C=O) groups excluding carboxylic acids is 2. The summed E-state index contributed by atoms with van der Waals surface area (Å²) in [4.78, 5) is 40.6. The van der Waals surface area contributed by atoms with Crippen LogP contribution in [0.15, 0.2) is 61.3 Å². The van der Waals surface area contributed by atoms with Crippen LogP contribution in [0.4, 0.5) is 11.4 Å². The van der Waals surface area contributed by atoms with Gasteiger partial charge < -0.3 is 29.6 Å². The second-order valence-corrected chi connectivity index (χ2v) is 15.7. The number of aliphatic hydroxyl groups excluding tert-OH is 1. The van der Waals surface area contributed by atoms with E-state index in [9.17, 15) is 19.5 Å². The van der Waals surface area contributed by atoms with Crippen molar-refractivity contribution in [3.8, 4) is 5.75 Å². The molecule has 5 rings (SSSR count). The lowest BCUT2D eigenvalue weighted by Gasteiger charge is -2.32. The lowest BCUT2D eigenvalue weighted by molar-refractivity contribution is -0.145. The SMILES string of the molecule is C=CCN1C(=O)[C@]2(O[C@H](CCn3cc(CCO)nn3)[C@@H]([Si](C)(C)O)[C@@H]2C)c2cc(NC(=O)c3ccc(OC)cc3)ccc21. The molecule has 0 radical (unpaired) electrons. The maximum absolute atomic E-state index is 14.3. The van der Waals surface area contributed by atoms with Crippen molar-refractivity contribution in [3.63, 3.8) is 0 Å². The first kappa shape index (κ1) is 30.6. The Labute approximate surface area is 252 Å². The number of nitrogens with one attached hydrogen (secondary N) is 1. The van der Waals surface area contributed by atoms with Crippen molar-refractivity contribution in [3.05, 3.63) is 78.1 Å². The molecule has 0 saturated carbocycles. The van der Waals surface area contributed by atoms with E-state index in [2.05, 4.69) is 22.2 Å². The van der Waals surface area contributed by atoms with Crippen LogP contribution in [0.1, 0.15) is 35.0 Å². The van der Waals surface area contributed by atoms with E-state index in [0.717, 1.165) is 0 Å². The minimum absolute atomic E-state index is 0.0118. The first-order valence-electron chi connectivity index (χ1n) is 14.5. The number of aromatic nitrogens is 3. The molecule has 11 nitrogen and oxygen atoms in total. The minimum Gasteiger partial charge on any atom is -0.497 e. The number of aryl methyl sites for hydroxylation is 1. The number of carbonyl (C=O) groups is 2. The summed E-state index contributed by atoms with van der Waals surface area (Å²) in [5.41, 5.74) is 1.45. The highest BCUT2D eigenvalue weighted by Gasteiger charge is 2.66. The Morgan fingerprint density at radius 2 is 2.00 bits per heavy atom. The number of ether oxygens (including phenoxy) is 2. The molecule has 2 aliphatic heterocycles. The molecule has 43 heavy (non-hydrogen) atoms. The van der Waals surface area contributed by atoms with Crippen LogP contribution in [0.3, 0.4) is 0 Å². The summed E-state index contributed by atoms with van der Waals surface area (Å²) in [6.07, 6.45) is 3.97. The molecule has 1 aromatic heterocycles. The van der Waals surface area contributed by atoms with Gasteiger partial charge in [-0.2, -0.15) is 0 Å². The lowest BCUT2D eigenvalue weighted by atomic mass is 9.82. The molecule has 0 unspecified atom stereocenters. The molecule has 2 amide bonds. The fourth-order valence-corrected chi connectivity index (χ4v) is 9.22. The second-order valence-electron chi connectivity index (χ2n) is 11.7. The van der Waals surface area contributed by atoms with Gasteiger partial charge in [0.1, 0.15) is 5.75 Å². The summed E-state index contributed by atoms with van der Waals surface area (Å²) < 4.78 is 13.7. The van der Waals surface area contributed by atoms with E-state index in [4.69, 9.17) is 9.47 Å². The second kappa shape index (κ2) is 12.0. The van der Waals surface area contributed by atoms with E-state index >= 15 is 0 Å². The monoisotopic (exact) mass is 605 g/mol. The number of amides is 2. The van der Waals surface area contributed by atoms with Gasteiger partial charge >= 0.3 is 0 Å². The molecule has 3 heterocycles. The highest BCUT2D eigenvalue weighted by atomic mass is 28.4. The zero-order chi connectivity index (χ0) is 30.9. The molecule has 1 fully saturated rings. The highest BCUT2D eigenvalue weighted by molar-refractivity contribution is 6.71. The van der Waals surface area contributed by atoms with E-state index in [1.807, 2.05) is 32.2 Å². The summed E-state index contributed by atoms with van der Waals surface area (Å²) in [6.45, 7) is 10.3. The molecule has 4 atom stereocenters. The van der Waals surface area contributed by atoms with Crippen LogP contribution >= 0.6 is 0 Å². The number of nitrogens with zero attached hydrogens (tertiary/aromatic N) is 4. The van der Waals surface area contributed by atoms with Gasteiger partial charge in [-0.15, -0.1) is 11.7 Å². The molecule has 0 aliphatic carbocycles. The quantitative estimate of drug-likeness (QED) is 0.223. The summed E-state index contributed by atoms with van der Waals surface area (Å²) in [7, 11) is -1.28. The Balaban J connectivity index is 1.49. The summed E-state index contributed by atoms with van der Waals surface area (Å²) in [5.74, 6) is -0.195. The van der Waals surface area contributed by atoms with Gasteiger partial charge in [-0.3, -0.25) is 14.3 Å². The van der Waals surface area contributed by atoms with Crippen molar-refractivity contribution in [2.75, 3.05) is 30.5 Å². The van der Waals surface area contributed by atoms with Gasteiger partial charge in [0.05, 0.1) is 24.6 Å². The van der Waals surface area contributed by atoms with E-state index in [1.54, 1.807) is 59.3 Å². The molecule has 3 N–H and O–H groups in total. The number of fused-ring (bicyclic) bond motifs is 2. The van der Waals surface area contributed by atoms with Crippen LogP contribution in [-0.2, 0) is 28.1 Å². The third kappa shape index (κ3) is 5.63. The molecule has 2 aromatic carbocycles. The van der Waals surface area contributed by atoms with Crippen LogP contribution in [0.2, 0.25) is 18.6 Å². The average Bonchev–Trinajstić information content (AvgIpc) is 3.62. The van der Waals surface area contributed by atoms with Gasteiger partial charge in [-0.05, 0) is 62.0 Å². The number of methoxy groups -OCH3 is 1. The standard InChI is InChI=1S/C31H39N5O6Si/c1-6-15-36-26-12-9-22(32-29(38)21-7-10-24(41-3)11-8-21)18-25(26)31(30(36)39)20(2)28(43(4,5)40)27(42-31)13-16-35-19-23(14-17-37)33-34-35/h6-12,18-20,27-28,37,40H,1,13-17H2,2-5H3,(H,32,38)/t20-,27+,28-,31+/m0/s1. The fourth-order valence-electron chi connectivity index (χ4n) is 6.62. The highest BCUT2D eigenvalue weighted by Crippen LogP contribution is 2.60. The molecule has 1 saturated heterocycles. The number of rotatable bonds is 11. The Bertz CT molecular complexity index is 1500. The largest absolute Gasteiger partial charge is 0.497 e. The molecule has 1 spiro atoms. The Morgan fingerprint density at radius 3 is 2.65 bits per heavy atom. The van der Waals surface area contributed by atoms with Gasteiger partial charge in [0.25, 0.3) is 11.8 Å². The van der Waals surface area contributed by atoms with Crippen LogP contribution in [0.25, 0.3) is 0 Å². The lowest BCUT2D eigenvalue weighted by Crippen LogP contribution is -2.46. The van der Waals surface area contributed by atoms with E-state index in [0.29, 0.717) is 59.9 Å². The Kier molecular flexibility index (Phi) is 8.57. The van der Waals surface area contributed by atoms with Gasteiger partial charge in [-0.25, -0.2) is 0 Å². The van der Waals surface area contributed by atoms with E-state index in [-0.39, 0.29) is 29.9 Å². The van der Waals surface area contributed by atoms with Crippen LogP contribution in [0.5, 0.6) is 5.75 Å². The Hall–Kier alpha value is -3.84. The predicted octanol–water partition coefficient (Wildman–Crippen LogP) is 3.49. The molecular weight excluding hydrogens is 566 g/mol. The maximum Gasteiger partial charge on any atom is 0.264 e. The first-order valence-corrected chi connectivity index (χ1v) is 17.5. The first-order chi connectivity index (χ1) is 20.5. The molecule has 0 bridgehead atoms. The zero-order valence-corrected chi connectivity index (χ0v) is 26.0. The van der Waals surface area contributed by atoms with Crippen molar-refractivity contribution < 1.29 is 29.0 Å². The van der Waals surface area contributed by atoms with Gasteiger partial charge in [0, 0.05) is 60.6 Å². The third-order valence-electron chi connectivity index (χ3n) is 8.50. The normalized spacial score (nSPS) is 23.1. The van der Waals surface area contributed by atoms with Crippen molar-refractivity contribution in [2.45, 2.75) is 56.7 Å². The smallest absolute Gasteiger partial charge is 0.264 e. The van der Waals surface area contributed by atoms with Crippen molar-refractivity contribution >= 4 is 31.5 Å². The summed E-state index contributed by atoms with van der Waals surface area (Å²) in [5, 5.41) is 20.4. The topological polar surface area (TPSA) is 139 Å². The number of hydrogen-bond donors (Lipinski definition) is 3. The van der Waals surface area contributed by atoms with Gasteiger partial charge in [0.15, 0.2) is 13.9 Å². The van der Waals surface area contributed by atoms with Gasteiger partial charge in [-0.1, -0.05) is 18.2 Å². The fraction of sp³-hybridized carbons (Fsp3) is 0.419. The number of hydrogen-bond acceptors (Lipinski definition) is 8. The minimum atomic E-state index is -2.85. The zero-order valence-electron chi connectivity index (χ0n) is 25.0. The third-order valence-corrected chi connectivity index (χ3v) is 11.0. The molecule has 3 aromatic rings. The number of aliphatic hydroxyl groups is 1. The number of benzene rings is 2.